The highest BCUT2D eigenvalue weighted by molar-refractivity contribution is 6.22. The van der Waals surface area contributed by atoms with Crippen molar-refractivity contribution in [3.63, 3.8) is 0 Å². The zero-order valence-electron chi connectivity index (χ0n) is 8.02. The zero-order chi connectivity index (χ0) is 11.7. The predicted octanol–water partition coefficient (Wildman–Crippen LogP) is 0.129. The van der Waals surface area contributed by atoms with Crippen molar-refractivity contribution in [3.8, 4) is 0 Å². The van der Waals surface area contributed by atoms with Crippen molar-refractivity contribution in [1.29, 1.82) is 0 Å². The van der Waals surface area contributed by atoms with Gasteiger partial charge in [0.15, 0.2) is 0 Å². The van der Waals surface area contributed by atoms with Crippen LogP contribution in [0.1, 0.15) is 26.3 Å². The summed E-state index contributed by atoms with van der Waals surface area (Å²) in [4.78, 5) is 37.1. The van der Waals surface area contributed by atoms with E-state index in [1.165, 1.54) is 12.1 Å². The first-order valence-corrected chi connectivity index (χ1v) is 4.45. The first-order valence-electron chi connectivity index (χ1n) is 4.45. The topological polar surface area (TPSA) is 92.7 Å². The summed E-state index contributed by atoms with van der Waals surface area (Å²) in [5.41, 5.74) is 0.742. The van der Waals surface area contributed by atoms with E-state index >= 15 is 0 Å². The number of nitrogens with one attached hydrogen (secondary N) is 1. The third-order valence-electron chi connectivity index (χ3n) is 2.29. The van der Waals surface area contributed by atoms with Crippen LogP contribution < -0.4 is 5.32 Å². The molecular weight excluding hydrogens is 214 g/mol. The van der Waals surface area contributed by atoms with Crippen molar-refractivity contribution in [1.82, 2.24) is 5.32 Å². The van der Waals surface area contributed by atoms with Gasteiger partial charge in [-0.25, -0.2) is 4.79 Å². The normalized spacial score (nSPS) is 13.3. The highest BCUT2D eigenvalue weighted by Gasteiger charge is 2.29. The lowest BCUT2D eigenvalue weighted by Gasteiger charge is -2.02. The van der Waals surface area contributed by atoms with Crippen LogP contribution in [0.3, 0.4) is 0 Å². The van der Waals surface area contributed by atoms with Crippen LogP contribution in [-0.2, 0) is 16.1 Å². The Labute approximate surface area is 89.8 Å². The number of carbonyl (C=O) groups excluding carboxylic acids is 3. The van der Waals surface area contributed by atoms with E-state index in [2.05, 4.69) is 10.2 Å². The molecule has 1 aromatic rings. The SMILES string of the molecule is O=C(Cc1cccc2c1C(=O)NC2=O)OO. The molecule has 0 saturated heterocycles. The average Bonchev–Trinajstić information content (AvgIpc) is 2.56. The second-order valence-electron chi connectivity index (χ2n) is 3.26. The summed E-state index contributed by atoms with van der Waals surface area (Å²) in [6.45, 7) is 0. The Hall–Kier alpha value is -2.21. The fourth-order valence-electron chi connectivity index (χ4n) is 1.63. The van der Waals surface area contributed by atoms with Crippen LogP contribution in [0.15, 0.2) is 18.2 Å². The van der Waals surface area contributed by atoms with E-state index in [0.29, 0.717) is 5.56 Å². The fourth-order valence-corrected chi connectivity index (χ4v) is 1.63. The molecule has 2 amide bonds. The maximum Gasteiger partial charge on any atom is 0.346 e. The summed E-state index contributed by atoms with van der Waals surface area (Å²) >= 11 is 0. The zero-order valence-corrected chi connectivity index (χ0v) is 8.02. The average molecular weight is 221 g/mol. The van der Waals surface area contributed by atoms with Crippen molar-refractivity contribution in [3.05, 3.63) is 34.9 Å². The molecule has 0 unspecified atom stereocenters. The van der Waals surface area contributed by atoms with Gasteiger partial charge in [-0.3, -0.25) is 14.9 Å². The third kappa shape index (κ3) is 1.55. The molecule has 2 rings (SSSR count). The number of amides is 2. The lowest BCUT2D eigenvalue weighted by Crippen LogP contribution is -2.20. The molecule has 1 aliphatic rings. The van der Waals surface area contributed by atoms with Gasteiger partial charge in [0.05, 0.1) is 17.5 Å². The molecule has 0 spiro atoms. The second-order valence-corrected chi connectivity index (χ2v) is 3.26. The smallest absolute Gasteiger partial charge is 0.301 e. The Morgan fingerprint density at radius 2 is 2.06 bits per heavy atom. The van der Waals surface area contributed by atoms with Crippen LogP contribution in [0.4, 0.5) is 0 Å². The van der Waals surface area contributed by atoms with E-state index in [4.69, 9.17) is 5.26 Å². The summed E-state index contributed by atoms with van der Waals surface area (Å²) in [5, 5.41) is 10.3. The molecule has 1 heterocycles. The summed E-state index contributed by atoms with van der Waals surface area (Å²) in [6, 6.07) is 4.56. The fraction of sp³-hybridized carbons (Fsp3) is 0.100. The van der Waals surface area contributed by atoms with E-state index in [1.807, 2.05) is 0 Å². The molecule has 1 aromatic carbocycles. The van der Waals surface area contributed by atoms with Gasteiger partial charge in [0.25, 0.3) is 11.8 Å². The quantitative estimate of drug-likeness (QED) is 0.420. The molecule has 2 N–H and O–H groups in total. The van der Waals surface area contributed by atoms with Crippen LogP contribution in [0.5, 0.6) is 0 Å². The molecule has 6 heteroatoms. The Bertz CT molecular complexity index is 494. The van der Waals surface area contributed by atoms with E-state index in [0.717, 1.165) is 0 Å². The molecule has 0 aliphatic carbocycles. The lowest BCUT2D eigenvalue weighted by molar-refractivity contribution is -0.233. The minimum Gasteiger partial charge on any atom is -0.301 e. The molecule has 6 nitrogen and oxygen atoms in total. The minimum atomic E-state index is -0.888. The monoisotopic (exact) mass is 221 g/mol. The third-order valence-corrected chi connectivity index (χ3v) is 2.29. The molecule has 82 valence electrons. The van der Waals surface area contributed by atoms with E-state index in [9.17, 15) is 14.4 Å². The minimum absolute atomic E-state index is 0.165. The molecule has 0 fully saturated rings. The van der Waals surface area contributed by atoms with Gasteiger partial charge >= 0.3 is 5.97 Å². The largest absolute Gasteiger partial charge is 0.346 e. The lowest BCUT2D eigenvalue weighted by atomic mass is 10.0. The highest BCUT2D eigenvalue weighted by Crippen LogP contribution is 2.20. The number of rotatable bonds is 2. The Morgan fingerprint density at radius 1 is 1.31 bits per heavy atom. The van der Waals surface area contributed by atoms with Crippen molar-refractivity contribution >= 4 is 17.8 Å². The van der Waals surface area contributed by atoms with Crippen molar-refractivity contribution < 1.29 is 24.5 Å². The van der Waals surface area contributed by atoms with Crippen molar-refractivity contribution in [2.24, 2.45) is 0 Å². The summed E-state index contributed by atoms with van der Waals surface area (Å²) < 4.78 is 0. The van der Waals surface area contributed by atoms with E-state index in [-0.39, 0.29) is 17.5 Å². The van der Waals surface area contributed by atoms with E-state index < -0.39 is 17.8 Å². The van der Waals surface area contributed by atoms with Gasteiger partial charge in [0.1, 0.15) is 0 Å². The number of fused-ring (bicyclic) bond motifs is 1. The number of hydrogen-bond acceptors (Lipinski definition) is 5. The van der Waals surface area contributed by atoms with Crippen LogP contribution in [0.2, 0.25) is 0 Å². The van der Waals surface area contributed by atoms with Crippen LogP contribution in [0.25, 0.3) is 0 Å². The molecular formula is C10H7NO5. The first kappa shape index (κ1) is 10.3. The van der Waals surface area contributed by atoms with Gasteiger partial charge < -0.3 is 4.89 Å². The van der Waals surface area contributed by atoms with Gasteiger partial charge in [0, 0.05) is 0 Å². The van der Waals surface area contributed by atoms with Gasteiger partial charge in [-0.1, -0.05) is 12.1 Å². The Kier molecular flexibility index (Phi) is 2.41. The summed E-state index contributed by atoms with van der Waals surface area (Å²) in [5.74, 6) is -1.92. The highest BCUT2D eigenvalue weighted by atomic mass is 17.1. The van der Waals surface area contributed by atoms with Gasteiger partial charge in [0.2, 0.25) is 0 Å². The molecule has 0 radical (unpaired) electrons. The molecule has 16 heavy (non-hydrogen) atoms. The molecule has 0 saturated carbocycles. The van der Waals surface area contributed by atoms with Crippen LogP contribution in [-0.4, -0.2) is 23.0 Å². The standard InChI is InChI=1S/C10H7NO5/c12-7(16-15)4-5-2-1-3-6-8(5)10(14)11-9(6)13/h1-3,15H,4H2,(H,11,13,14). The molecule has 0 bridgehead atoms. The summed E-state index contributed by atoms with van der Waals surface area (Å²) in [6.07, 6.45) is -0.264. The van der Waals surface area contributed by atoms with Gasteiger partial charge in [-0.15, -0.1) is 0 Å². The number of imide groups is 1. The van der Waals surface area contributed by atoms with Crippen LogP contribution >= 0.6 is 0 Å². The maximum atomic E-state index is 11.4. The van der Waals surface area contributed by atoms with Crippen molar-refractivity contribution in [2.45, 2.75) is 6.42 Å². The van der Waals surface area contributed by atoms with Crippen LogP contribution in [0, 0.1) is 0 Å². The maximum absolute atomic E-state index is 11.4. The second kappa shape index (κ2) is 3.74. The van der Waals surface area contributed by atoms with Gasteiger partial charge in [-0.2, -0.15) is 5.26 Å². The van der Waals surface area contributed by atoms with Gasteiger partial charge in [-0.05, 0) is 11.6 Å². The summed E-state index contributed by atoms with van der Waals surface area (Å²) in [7, 11) is 0. The first-order chi connectivity index (χ1) is 7.63. The Balaban J connectivity index is 2.45. The number of hydrogen-bond donors (Lipinski definition) is 2. The molecule has 1 aliphatic heterocycles. The molecule has 0 aromatic heterocycles. The predicted molar refractivity (Wildman–Crippen MR) is 50.7 cm³/mol. The van der Waals surface area contributed by atoms with E-state index in [1.54, 1.807) is 6.07 Å². The molecule has 0 atom stereocenters. The number of benzene rings is 1. The number of carbonyl (C=O) groups is 3. The Morgan fingerprint density at radius 3 is 2.75 bits per heavy atom. The van der Waals surface area contributed by atoms with Crippen molar-refractivity contribution in [2.75, 3.05) is 0 Å².